The number of hydrogen-bond acceptors (Lipinski definition) is 3. The van der Waals surface area contributed by atoms with Gasteiger partial charge in [0.25, 0.3) is 0 Å². The third-order valence-electron chi connectivity index (χ3n) is 2.32. The lowest BCUT2D eigenvalue weighted by Gasteiger charge is -2.14. The number of nitrogens with zero attached hydrogens (tertiary/aromatic N) is 3. The van der Waals surface area contributed by atoms with Crippen LogP contribution in [-0.4, -0.2) is 16.3 Å². The van der Waals surface area contributed by atoms with Crippen LogP contribution >= 0.6 is 0 Å². The predicted octanol–water partition coefficient (Wildman–Crippen LogP) is 0.442. The Bertz CT molecular complexity index is 334. The van der Waals surface area contributed by atoms with E-state index >= 15 is 0 Å². The molecule has 0 atom stereocenters. The molecule has 1 N–H and O–H groups in total. The van der Waals surface area contributed by atoms with Crippen molar-refractivity contribution in [3.05, 3.63) is 17.5 Å². The highest BCUT2D eigenvalue weighted by atomic mass is 15.3. The summed E-state index contributed by atoms with van der Waals surface area (Å²) in [6.07, 6.45) is 3.47. The highest BCUT2D eigenvalue weighted by molar-refractivity contribution is 5.20. The van der Waals surface area contributed by atoms with Crippen molar-refractivity contribution in [2.45, 2.75) is 25.9 Å². The van der Waals surface area contributed by atoms with Crippen molar-refractivity contribution in [2.75, 3.05) is 6.54 Å². The maximum atomic E-state index is 8.47. The van der Waals surface area contributed by atoms with Gasteiger partial charge < -0.3 is 5.32 Å². The molecule has 2 rings (SSSR count). The summed E-state index contributed by atoms with van der Waals surface area (Å²) in [6.45, 7) is 2.67. The van der Waals surface area contributed by atoms with Crippen LogP contribution in [0.5, 0.6) is 0 Å². The minimum absolute atomic E-state index is 0.543. The lowest BCUT2D eigenvalue weighted by atomic mass is 10.1. The first-order chi connectivity index (χ1) is 6.42. The SMILES string of the molecule is N#CCCn1ncc2c1CCNC2. The molecule has 0 fully saturated rings. The Hall–Kier alpha value is -1.34. The quantitative estimate of drug-likeness (QED) is 0.711. The van der Waals surface area contributed by atoms with Crippen LogP contribution in [0, 0.1) is 11.3 Å². The maximum absolute atomic E-state index is 8.47. The number of nitrogens with one attached hydrogen (secondary N) is 1. The van der Waals surface area contributed by atoms with Crippen LogP contribution < -0.4 is 5.32 Å². The molecule has 13 heavy (non-hydrogen) atoms. The van der Waals surface area contributed by atoms with Gasteiger partial charge >= 0.3 is 0 Å². The first-order valence-electron chi connectivity index (χ1n) is 4.53. The van der Waals surface area contributed by atoms with E-state index in [-0.39, 0.29) is 0 Å². The summed E-state index contributed by atoms with van der Waals surface area (Å²) in [6, 6.07) is 2.14. The second kappa shape index (κ2) is 3.58. The van der Waals surface area contributed by atoms with Crippen molar-refractivity contribution in [3.63, 3.8) is 0 Å². The van der Waals surface area contributed by atoms with Gasteiger partial charge in [0, 0.05) is 30.8 Å². The lowest BCUT2D eigenvalue weighted by molar-refractivity contribution is 0.557. The topological polar surface area (TPSA) is 53.6 Å². The van der Waals surface area contributed by atoms with E-state index in [9.17, 15) is 0 Å². The molecule has 0 spiro atoms. The Kier molecular flexibility index (Phi) is 2.28. The maximum Gasteiger partial charge on any atom is 0.0641 e. The van der Waals surface area contributed by atoms with E-state index in [1.807, 2.05) is 10.9 Å². The Morgan fingerprint density at radius 1 is 1.69 bits per heavy atom. The molecule has 0 bridgehead atoms. The summed E-state index contributed by atoms with van der Waals surface area (Å²) < 4.78 is 1.96. The molecule has 68 valence electrons. The van der Waals surface area contributed by atoms with Crippen molar-refractivity contribution in [1.82, 2.24) is 15.1 Å². The molecule has 0 amide bonds. The fraction of sp³-hybridized carbons (Fsp3) is 0.556. The van der Waals surface area contributed by atoms with Gasteiger partial charge in [-0.05, 0) is 0 Å². The van der Waals surface area contributed by atoms with Crippen molar-refractivity contribution in [3.8, 4) is 6.07 Å². The number of aromatic nitrogens is 2. The standard InChI is InChI=1S/C9H12N4/c10-3-1-5-13-9-2-4-11-6-8(9)7-12-13/h7,11H,1-2,4-6H2. The normalized spacial score (nSPS) is 15.0. The zero-order valence-corrected chi connectivity index (χ0v) is 7.45. The van der Waals surface area contributed by atoms with Crippen LogP contribution in [0.2, 0.25) is 0 Å². The van der Waals surface area contributed by atoms with E-state index in [1.165, 1.54) is 11.3 Å². The lowest BCUT2D eigenvalue weighted by Crippen LogP contribution is -2.24. The second-order valence-corrected chi connectivity index (χ2v) is 3.17. The summed E-state index contributed by atoms with van der Waals surface area (Å²) in [5, 5.41) is 16.0. The Balaban J connectivity index is 2.18. The summed E-state index contributed by atoms with van der Waals surface area (Å²) >= 11 is 0. The first-order valence-corrected chi connectivity index (χ1v) is 4.53. The molecule has 1 aromatic rings. The van der Waals surface area contributed by atoms with E-state index in [1.54, 1.807) is 0 Å². The molecule has 1 aliphatic rings. The molecule has 0 unspecified atom stereocenters. The van der Waals surface area contributed by atoms with Crippen molar-refractivity contribution < 1.29 is 0 Å². The number of rotatable bonds is 2. The highest BCUT2D eigenvalue weighted by Gasteiger charge is 2.13. The minimum Gasteiger partial charge on any atom is -0.312 e. The van der Waals surface area contributed by atoms with Crippen molar-refractivity contribution in [1.29, 1.82) is 5.26 Å². The van der Waals surface area contributed by atoms with Gasteiger partial charge in [0.05, 0.1) is 25.2 Å². The molecule has 0 saturated carbocycles. The zero-order chi connectivity index (χ0) is 9.10. The van der Waals surface area contributed by atoms with E-state index < -0.39 is 0 Å². The van der Waals surface area contributed by atoms with Crippen LogP contribution in [0.25, 0.3) is 0 Å². The van der Waals surface area contributed by atoms with E-state index in [0.29, 0.717) is 6.42 Å². The van der Waals surface area contributed by atoms with Crippen LogP contribution in [0.1, 0.15) is 17.7 Å². The van der Waals surface area contributed by atoms with Gasteiger partial charge in [0.2, 0.25) is 0 Å². The molecule has 0 aromatic carbocycles. The molecule has 0 saturated heterocycles. The smallest absolute Gasteiger partial charge is 0.0641 e. The average molecular weight is 176 g/mol. The van der Waals surface area contributed by atoms with Gasteiger partial charge in [0.1, 0.15) is 0 Å². The van der Waals surface area contributed by atoms with Gasteiger partial charge in [-0.15, -0.1) is 0 Å². The highest BCUT2D eigenvalue weighted by Crippen LogP contribution is 2.12. The zero-order valence-electron chi connectivity index (χ0n) is 7.45. The molecule has 0 radical (unpaired) electrons. The first kappa shape index (κ1) is 8.27. The van der Waals surface area contributed by atoms with Gasteiger partial charge in [-0.2, -0.15) is 10.4 Å². The summed E-state index contributed by atoms with van der Waals surface area (Å²) in [5.41, 5.74) is 2.58. The third-order valence-corrected chi connectivity index (χ3v) is 2.32. The molecule has 0 aliphatic carbocycles. The summed E-state index contributed by atoms with van der Waals surface area (Å²) in [5.74, 6) is 0. The molecular formula is C9H12N4. The fourth-order valence-electron chi connectivity index (χ4n) is 1.67. The van der Waals surface area contributed by atoms with Gasteiger partial charge in [-0.3, -0.25) is 4.68 Å². The molecule has 4 nitrogen and oxygen atoms in total. The van der Waals surface area contributed by atoms with Crippen LogP contribution in [0.15, 0.2) is 6.20 Å². The second-order valence-electron chi connectivity index (χ2n) is 3.17. The Morgan fingerprint density at radius 2 is 2.62 bits per heavy atom. The van der Waals surface area contributed by atoms with E-state index in [0.717, 1.165) is 26.1 Å². The molecule has 4 heteroatoms. The van der Waals surface area contributed by atoms with Crippen molar-refractivity contribution >= 4 is 0 Å². The largest absolute Gasteiger partial charge is 0.312 e. The summed E-state index contributed by atoms with van der Waals surface area (Å²) in [4.78, 5) is 0. The van der Waals surface area contributed by atoms with Gasteiger partial charge in [-0.1, -0.05) is 0 Å². The Labute approximate surface area is 77.2 Å². The van der Waals surface area contributed by atoms with Crippen LogP contribution in [0.3, 0.4) is 0 Å². The number of nitriles is 1. The fourth-order valence-corrected chi connectivity index (χ4v) is 1.67. The molecular weight excluding hydrogens is 164 g/mol. The summed E-state index contributed by atoms with van der Waals surface area (Å²) in [7, 11) is 0. The van der Waals surface area contributed by atoms with Crippen LogP contribution in [-0.2, 0) is 19.5 Å². The molecule has 1 aliphatic heterocycles. The predicted molar refractivity (Wildman–Crippen MR) is 47.9 cm³/mol. The van der Waals surface area contributed by atoms with Gasteiger partial charge in [-0.25, -0.2) is 0 Å². The van der Waals surface area contributed by atoms with Gasteiger partial charge in [0.15, 0.2) is 0 Å². The molecule has 1 aromatic heterocycles. The van der Waals surface area contributed by atoms with E-state index in [2.05, 4.69) is 16.5 Å². The van der Waals surface area contributed by atoms with Crippen LogP contribution in [0.4, 0.5) is 0 Å². The molecule has 2 heterocycles. The number of aryl methyl sites for hydroxylation is 1. The number of fused-ring (bicyclic) bond motifs is 1. The Morgan fingerprint density at radius 3 is 3.46 bits per heavy atom. The van der Waals surface area contributed by atoms with Crippen molar-refractivity contribution in [2.24, 2.45) is 0 Å². The monoisotopic (exact) mass is 176 g/mol. The minimum atomic E-state index is 0.543. The van der Waals surface area contributed by atoms with E-state index in [4.69, 9.17) is 5.26 Å². The third kappa shape index (κ3) is 1.56. The number of hydrogen-bond donors (Lipinski definition) is 1. The average Bonchev–Trinajstić information content (AvgIpc) is 2.58.